The van der Waals surface area contributed by atoms with E-state index in [0.29, 0.717) is 0 Å². The number of benzene rings is 1. The summed E-state index contributed by atoms with van der Waals surface area (Å²) in [5, 5.41) is 8.40. The van der Waals surface area contributed by atoms with Crippen molar-refractivity contribution >= 4 is 28.9 Å². The molecular weight excluding hydrogens is 352 g/mol. The molecular formula is C16H13F2N3OS2. The van der Waals surface area contributed by atoms with Gasteiger partial charge >= 0.3 is 6.61 Å². The van der Waals surface area contributed by atoms with Crippen LogP contribution in [-0.4, -0.2) is 24.5 Å². The van der Waals surface area contributed by atoms with Gasteiger partial charge in [0.1, 0.15) is 5.75 Å². The highest BCUT2D eigenvalue weighted by Gasteiger charge is 2.09. The number of alkyl halides is 2. The van der Waals surface area contributed by atoms with Crippen LogP contribution in [0.1, 0.15) is 4.88 Å². The number of thiophene rings is 1. The summed E-state index contributed by atoms with van der Waals surface area (Å²) in [7, 11) is 1.70. The first-order valence-corrected chi connectivity index (χ1v) is 8.70. The van der Waals surface area contributed by atoms with Crippen LogP contribution in [0.4, 0.5) is 8.78 Å². The Kier molecular flexibility index (Phi) is 5.17. The van der Waals surface area contributed by atoms with E-state index in [2.05, 4.69) is 14.8 Å². The molecule has 0 saturated carbocycles. The average Bonchev–Trinajstić information content (AvgIpc) is 3.22. The second kappa shape index (κ2) is 7.50. The Morgan fingerprint density at radius 2 is 1.96 bits per heavy atom. The van der Waals surface area contributed by atoms with Gasteiger partial charge in [-0.15, -0.1) is 22.7 Å². The van der Waals surface area contributed by atoms with Gasteiger partial charge in [0.2, 0.25) is 4.80 Å². The van der Waals surface area contributed by atoms with Gasteiger partial charge in [-0.3, -0.25) is 4.99 Å². The Morgan fingerprint density at radius 1 is 1.17 bits per heavy atom. The van der Waals surface area contributed by atoms with Crippen molar-refractivity contribution < 1.29 is 13.5 Å². The van der Waals surface area contributed by atoms with Gasteiger partial charge in [-0.2, -0.15) is 13.9 Å². The van der Waals surface area contributed by atoms with Gasteiger partial charge in [0, 0.05) is 22.9 Å². The van der Waals surface area contributed by atoms with Crippen molar-refractivity contribution in [1.29, 1.82) is 0 Å². The minimum atomic E-state index is -2.83. The third-order valence-corrected chi connectivity index (χ3v) is 4.81. The summed E-state index contributed by atoms with van der Waals surface area (Å²) in [6, 6.07) is 10.4. The molecule has 2 heterocycles. The first kappa shape index (κ1) is 16.5. The Hall–Kier alpha value is -2.32. The summed E-state index contributed by atoms with van der Waals surface area (Å²) in [6.45, 7) is -2.83. The largest absolute Gasteiger partial charge is 0.435 e. The zero-order valence-corrected chi connectivity index (χ0v) is 14.2. The van der Waals surface area contributed by atoms with Crippen molar-refractivity contribution in [2.45, 2.75) is 6.61 Å². The number of rotatable bonds is 5. The molecule has 0 unspecified atom stereocenters. The van der Waals surface area contributed by atoms with Crippen LogP contribution >= 0.6 is 22.7 Å². The van der Waals surface area contributed by atoms with Gasteiger partial charge in [-0.25, -0.2) is 4.68 Å². The van der Waals surface area contributed by atoms with E-state index in [1.807, 2.05) is 22.9 Å². The van der Waals surface area contributed by atoms with E-state index >= 15 is 0 Å². The maximum atomic E-state index is 12.2. The molecule has 0 aliphatic heterocycles. The molecule has 0 spiro atoms. The zero-order chi connectivity index (χ0) is 16.9. The van der Waals surface area contributed by atoms with Crippen LogP contribution in [0.2, 0.25) is 0 Å². The van der Waals surface area contributed by atoms with E-state index in [4.69, 9.17) is 0 Å². The lowest BCUT2D eigenvalue weighted by Crippen LogP contribution is -2.11. The Morgan fingerprint density at radius 3 is 2.58 bits per heavy atom. The third-order valence-electron chi connectivity index (χ3n) is 3.10. The Balaban J connectivity index is 1.95. The van der Waals surface area contributed by atoms with E-state index in [-0.39, 0.29) is 5.75 Å². The number of ether oxygens (including phenoxy) is 1. The molecule has 124 valence electrons. The van der Waals surface area contributed by atoms with E-state index in [9.17, 15) is 8.78 Å². The van der Waals surface area contributed by atoms with Gasteiger partial charge in [0.15, 0.2) is 0 Å². The molecule has 0 fully saturated rings. The van der Waals surface area contributed by atoms with Crippen molar-refractivity contribution in [2.24, 2.45) is 10.1 Å². The lowest BCUT2D eigenvalue weighted by molar-refractivity contribution is -0.0498. The molecule has 2 aromatic heterocycles. The molecule has 0 saturated heterocycles. The first-order valence-electron chi connectivity index (χ1n) is 6.94. The van der Waals surface area contributed by atoms with Gasteiger partial charge in [0.25, 0.3) is 0 Å². The van der Waals surface area contributed by atoms with Crippen LogP contribution in [0.5, 0.6) is 5.75 Å². The van der Waals surface area contributed by atoms with Gasteiger partial charge < -0.3 is 4.74 Å². The monoisotopic (exact) mass is 365 g/mol. The molecule has 0 N–H and O–H groups in total. The molecule has 0 atom stereocenters. The fraction of sp³-hybridized carbons (Fsp3) is 0.125. The summed E-state index contributed by atoms with van der Waals surface area (Å²) >= 11 is 3.05. The molecule has 0 aliphatic carbocycles. The van der Waals surface area contributed by atoms with Crippen molar-refractivity contribution in [2.75, 3.05) is 7.05 Å². The third kappa shape index (κ3) is 3.77. The van der Waals surface area contributed by atoms with E-state index in [1.54, 1.807) is 41.4 Å². The Bertz CT molecular complexity index is 881. The molecule has 0 amide bonds. The molecule has 0 radical (unpaired) electrons. The highest BCUT2D eigenvalue weighted by atomic mass is 32.1. The lowest BCUT2D eigenvalue weighted by atomic mass is 10.2. The van der Waals surface area contributed by atoms with Crippen molar-refractivity contribution in [3.63, 3.8) is 0 Å². The molecule has 4 nitrogen and oxygen atoms in total. The van der Waals surface area contributed by atoms with Gasteiger partial charge in [-0.05, 0) is 35.7 Å². The number of nitrogens with zero attached hydrogens (tertiary/aromatic N) is 3. The Labute approximate surface area is 145 Å². The maximum Gasteiger partial charge on any atom is 0.387 e. The molecule has 0 aliphatic rings. The fourth-order valence-corrected chi connectivity index (χ4v) is 3.43. The molecule has 0 bridgehead atoms. The number of halogens is 2. The number of hydrogen-bond acceptors (Lipinski definition) is 5. The predicted molar refractivity (Wildman–Crippen MR) is 93.2 cm³/mol. The second-order valence-corrected chi connectivity index (χ2v) is 6.42. The predicted octanol–water partition coefficient (Wildman–Crippen LogP) is 4.29. The molecule has 3 rings (SSSR count). The fourth-order valence-electron chi connectivity index (χ4n) is 2.05. The number of hydrogen-bond donors (Lipinski definition) is 0. The van der Waals surface area contributed by atoms with E-state index in [1.165, 1.54) is 23.5 Å². The normalized spacial score (nSPS) is 12.4. The van der Waals surface area contributed by atoms with Crippen LogP contribution in [0.3, 0.4) is 0 Å². The molecule has 24 heavy (non-hydrogen) atoms. The van der Waals surface area contributed by atoms with Crippen LogP contribution < -0.4 is 9.54 Å². The highest BCUT2D eigenvalue weighted by Crippen LogP contribution is 2.24. The number of aromatic nitrogens is 1. The summed E-state index contributed by atoms with van der Waals surface area (Å²) in [5.41, 5.74) is 1.67. The van der Waals surface area contributed by atoms with Gasteiger partial charge in [-0.1, -0.05) is 6.07 Å². The van der Waals surface area contributed by atoms with Crippen LogP contribution in [0.25, 0.3) is 11.3 Å². The van der Waals surface area contributed by atoms with Crippen molar-refractivity contribution in [1.82, 2.24) is 4.68 Å². The van der Waals surface area contributed by atoms with Crippen molar-refractivity contribution in [3.05, 3.63) is 56.8 Å². The summed E-state index contributed by atoms with van der Waals surface area (Å²) in [6.07, 6.45) is 1.77. The zero-order valence-electron chi connectivity index (χ0n) is 12.6. The summed E-state index contributed by atoms with van der Waals surface area (Å²) in [5.74, 6) is 0.123. The quantitative estimate of drug-likeness (QED) is 0.622. The topological polar surface area (TPSA) is 38.9 Å². The molecule has 3 aromatic rings. The van der Waals surface area contributed by atoms with Crippen LogP contribution in [0.15, 0.2) is 57.3 Å². The van der Waals surface area contributed by atoms with Crippen LogP contribution in [-0.2, 0) is 0 Å². The molecule has 1 aromatic carbocycles. The standard InChI is InChI=1S/C16H13F2N3OS2/c1-19-16-21(20-9-13-3-2-8-23-13)14(10-24-16)11-4-6-12(7-5-11)22-15(17)18/h2-10,15H,1H3/b19-16?,20-9+. The first-order chi connectivity index (χ1) is 11.7. The second-order valence-electron chi connectivity index (χ2n) is 4.60. The number of thiazole rings is 1. The van der Waals surface area contributed by atoms with Crippen molar-refractivity contribution in [3.8, 4) is 17.0 Å². The van der Waals surface area contributed by atoms with Crippen LogP contribution in [0, 0.1) is 0 Å². The van der Waals surface area contributed by atoms with E-state index in [0.717, 1.165) is 20.9 Å². The van der Waals surface area contributed by atoms with E-state index < -0.39 is 6.61 Å². The minimum Gasteiger partial charge on any atom is -0.435 e. The smallest absolute Gasteiger partial charge is 0.387 e. The summed E-state index contributed by atoms with van der Waals surface area (Å²) < 4.78 is 30.6. The average molecular weight is 365 g/mol. The maximum absolute atomic E-state index is 12.2. The molecule has 8 heteroatoms. The van der Waals surface area contributed by atoms with Gasteiger partial charge in [0.05, 0.1) is 11.9 Å². The summed E-state index contributed by atoms with van der Waals surface area (Å²) in [4.78, 5) is 5.99. The SMILES string of the molecule is CN=c1scc(-c2ccc(OC(F)F)cc2)n1/N=C/c1cccs1. The lowest BCUT2D eigenvalue weighted by Gasteiger charge is -2.06. The highest BCUT2D eigenvalue weighted by molar-refractivity contribution is 7.11. The minimum absolute atomic E-state index is 0.123.